The van der Waals surface area contributed by atoms with Crippen LogP contribution in [0.1, 0.15) is 25.7 Å². The number of methoxy groups -OCH3 is 1. The van der Waals surface area contributed by atoms with Gasteiger partial charge >= 0.3 is 5.97 Å². The van der Waals surface area contributed by atoms with Crippen molar-refractivity contribution in [2.45, 2.75) is 25.7 Å². The molecule has 2 rings (SSSR count). The molecule has 2 N–H and O–H groups in total. The van der Waals surface area contributed by atoms with Crippen LogP contribution >= 0.6 is 0 Å². The fourth-order valence-corrected chi connectivity index (χ4v) is 2.44. The van der Waals surface area contributed by atoms with Gasteiger partial charge in [-0.15, -0.1) is 0 Å². The number of nitrogens with one attached hydrogen (secondary N) is 1. The van der Waals surface area contributed by atoms with E-state index in [2.05, 4.69) is 5.32 Å². The molecule has 0 saturated carbocycles. The molecule has 27 heavy (non-hydrogen) atoms. The molecule has 0 aliphatic heterocycles. The first kappa shape index (κ1) is 20.0. The van der Waals surface area contributed by atoms with Gasteiger partial charge in [0.25, 0.3) is 5.69 Å². The standard InChI is InChI=1S/C19H22N2O6/c1-26-15-8-6-14(7-9-15)20-17-13-16(10-11-18(17)21(24)25)27-12-4-2-3-5-19(22)23/h6-11,13,20H,2-5,12H2,1H3,(H,22,23). The fourth-order valence-electron chi connectivity index (χ4n) is 2.44. The highest BCUT2D eigenvalue weighted by molar-refractivity contribution is 5.71. The molecule has 0 spiro atoms. The van der Waals surface area contributed by atoms with Gasteiger partial charge in [0.2, 0.25) is 0 Å². The molecule has 0 aliphatic carbocycles. The highest BCUT2D eigenvalue weighted by atomic mass is 16.6. The number of unbranched alkanes of at least 4 members (excludes halogenated alkanes) is 2. The summed E-state index contributed by atoms with van der Waals surface area (Å²) in [5, 5.41) is 22.9. The van der Waals surface area contributed by atoms with Crippen molar-refractivity contribution in [3.8, 4) is 11.5 Å². The molecule has 0 atom stereocenters. The van der Waals surface area contributed by atoms with E-state index in [0.717, 1.165) is 6.42 Å². The van der Waals surface area contributed by atoms with Crippen molar-refractivity contribution in [3.05, 3.63) is 52.6 Å². The van der Waals surface area contributed by atoms with E-state index < -0.39 is 10.9 Å². The zero-order valence-electron chi connectivity index (χ0n) is 15.0. The van der Waals surface area contributed by atoms with Crippen molar-refractivity contribution < 1.29 is 24.3 Å². The lowest BCUT2D eigenvalue weighted by Gasteiger charge is -2.11. The van der Waals surface area contributed by atoms with Crippen LogP contribution in [-0.4, -0.2) is 29.7 Å². The van der Waals surface area contributed by atoms with Crippen LogP contribution < -0.4 is 14.8 Å². The van der Waals surface area contributed by atoms with E-state index in [1.54, 1.807) is 43.5 Å². The maximum atomic E-state index is 11.3. The second-order valence-corrected chi connectivity index (χ2v) is 5.84. The molecule has 2 aromatic rings. The number of benzene rings is 2. The number of nitro groups is 1. The van der Waals surface area contributed by atoms with Gasteiger partial charge in [-0.1, -0.05) is 0 Å². The summed E-state index contributed by atoms with van der Waals surface area (Å²) in [5.41, 5.74) is 0.956. The Morgan fingerprint density at radius 2 is 1.81 bits per heavy atom. The zero-order valence-corrected chi connectivity index (χ0v) is 15.0. The minimum absolute atomic E-state index is 0.0559. The van der Waals surface area contributed by atoms with E-state index in [1.807, 2.05) is 0 Å². The first-order valence-corrected chi connectivity index (χ1v) is 8.53. The van der Waals surface area contributed by atoms with E-state index in [1.165, 1.54) is 6.07 Å². The summed E-state index contributed by atoms with van der Waals surface area (Å²) in [6, 6.07) is 11.6. The monoisotopic (exact) mass is 374 g/mol. The molecule has 144 valence electrons. The van der Waals surface area contributed by atoms with Crippen LogP contribution in [0.5, 0.6) is 11.5 Å². The number of aliphatic carboxylic acids is 1. The van der Waals surface area contributed by atoms with Crippen LogP contribution in [-0.2, 0) is 4.79 Å². The molecule has 8 nitrogen and oxygen atoms in total. The van der Waals surface area contributed by atoms with E-state index in [4.69, 9.17) is 14.6 Å². The molecule has 0 fully saturated rings. The molecule has 0 heterocycles. The zero-order chi connectivity index (χ0) is 19.6. The molecule has 0 radical (unpaired) electrons. The number of carbonyl (C=O) groups is 1. The fraction of sp³-hybridized carbons (Fsp3) is 0.316. The predicted molar refractivity (Wildman–Crippen MR) is 101 cm³/mol. The van der Waals surface area contributed by atoms with Crippen LogP contribution in [0, 0.1) is 10.1 Å². The lowest BCUT2D eigenvalue weighted by molar-refractivity contribution is -0.383. The Balaban J connectivity index is 2.00. The maximum Gasteiger partial charge on any atom is 0.303 e. The Morgan fingerprint density at radius 1 is 1.11 bits per heavy atom. The lowest BCUT2D eigenvalue weighted by atomic mass is 10.2. The number of hydrogen-bond acceptors (Lipinski definition) is 6. The molecule has 0 amide bonds. The molecule has 0 unspecified atom stereocenters. The van der Waals surface area contributed by atoms with Crippen LogP contribution in [0.4, 0.5) is 17.1 Å². The molecular weight excluding hydrogens is 352 g/mol. The summed E-state index contributed by atoms with van der Waals surface area (Å²) in [7, 11) is 1.57. The average molecular weight is 374 g/mol. The van der Waals surface area contributed by atoms with Crippen molar-refractivity contribution in [2.24, 2.45) is 0 Å². The Bertz CT molecular complexity index is 776. The summed E-state index contributed by atoms with van der Waals surface area (Å²) in [6.07, 6.45) is 2.21. The van der Waals surface area contributed by atoms with E-state index >= 15 is 0 Å². The topological polar surface area (TPSA) is 111 Å². The number of carboxylic acid groups (broad SMARTS) is 1. The molecule has 0 aromatic heterocycles. The van der Waals surface area contributed by atoms with Crippen molar-refractivity contribution in [1.82, 2.24) is 0 Å². The molecule has 8 heteroatoms. The van der Waals surface area contributed by atoms with Gasteiger partial charge in [-0.25, -0.2) is 0 Å². The van der Waals surface area contributed by atoms with E-state index in [9.17, 15) is 14.9 Å². The second kappa shape index (κ2) is 10.0. The quantitative estimate of drug-likeness (QED) is 0.341. The van der Waals surface area contributed by atoms with Crippen molar-refractivity contribution in [2.75, 3.05) is 19.0 Å². The van der Waals surface area contributed by atoms with E-state index in [-0.39, 0.29) is 12.1 Å². The number of hydrogen-bond donors (Lipinski definition) is 2. The van der Waals surface area contributed by atoms with Gasteiger partial charge in [-0.2, -0.15) is 0 Å². The average Bonchev–Trinajstić information content (AvgIpc) is 2.65. The van der Waals surface area contributed by atoms with Gasteiger partial charge in [-0.05, 0) is 49.6 Å². The molecule has 0 bridgehead atoms. The van der Waals surface area contributed by atoms with Crippen LogP contribution in [0.15, 0.2) is 42.5 Å². The summed E-state index contributed by atoms with van der Waals surface area (Å²) < 4.78 is 10.7. The third-order valence-corrected chi connectivity index (χ3v) is 3.84. The van der Waals surface area contributed by atoms with Gasteiger partial charge in [-0.3, -0.25) is 14.9 Å². The van der Waals surface area contributed by atoms with E-state index in [0.29, 0.717) is 42.3 Å². The van der Waals surface area contributed by atoms with Crippen molar-refractivity contribution in [1.29, 1.82) is 0 Å². The van der Waals surface area contributed by atoms with Gasteiger partial charge < -0.3 is 19.9 Å². The van der Waals surface area contributed by atoms with Gasteiger partial charge in [0.15, 0.2) is 0 Å². The molecule has 0 aliphatic rings. The third kappa shape index (κ3) is 6.50. The number of anilines is 2. The van der Waals surface area contributed by atoms with Gasteiger partial charge in [0.1, 0.15) is 17.2 Å². The van der Waals surface area contributed by atoms with Crippen LogP contribution in [0.3, 0.4) is 0 Å². The minimum atomic E-state index is -0.805. The van der Waals surface area contributed by atoms with Gasteiger partial charge in [0.05, 0.1) is 18.6 Å². The second-order valence-electron chi connectivity index (χ2n) is 5.84. The smallest absolute Gasteiger partial charge is 0.303 e. The largest absolute Gasteiger partial charge is 0.497 e. The number of nitrogens with zero attached hydrogens (tertiary/aromatic N) is 1. The number of ether oxygens (including phenoxy) is 2. The summed E-state index contributed by atoms with van der Waals surface area (Å²) >= 11 is 0. The van der Waals surface area contributed by atoms with Crippen molar-refractivity contribution in [3.63, 3.8) is 0 Å². The Morgan fingerprint density at radius 3 is 2.44 bits per heavy atom. The number of nitro benzene ring substituents is 1. The summed E-state index contributed by atoms with van der Waals surface area (Å²) in [4.78, 5) is 21.3. The highest BCUT2D eigenvalue weighted by Gasteiger charge is 2.15. The SMILES string of the molecule is COc1ccc(Nc2cc(OCCCCCC(=O)O)ccc2[N+](=O)[O-])cc1. The Kier molecular flexibility index (Phi) is 7.42. The van der Waals surface area contributed by atoms with Crippen LogP contribution in [0.2, 0.25) is 0 Å². The summed E-state index contributed by atoms with van der Waals surface area (Å²) in [5.74, 6) is 0.394. The molecule has 2 aromatic carbocycles. The summed E-state index contributed by atoms with van der Waals surface area (Å²) in [6.45, 7) is 0.416. The first-order valence-electron chi connectivity index (χ1n) is 8.53. The normalized spacial score (nSPS) is 10.3. The van der Waals surface area contributed by atoms with Gasteiger partial charge in [0, 0.05) is 24.2 Å². The third-order valence-electron chi connectivity index (χ3n) is 3.84. The number of rotatable bonds is 11. The Hall–Kier alpha value is -3.29. The minimum Gasteiger partial charge on any atom is -0.497 e. The highest BCUT2D eigenvalue weighted by Crippen LogP contribution is 2.32. The van der Waals surface area contributed by atoms with Crippen LogP contribution in [0.25, 0.3) is 0 Å². The first-order chi connectivity index (χ1) is 13.0. The predicted octanol–water partition coefficient (Wildman–Crippen LogP) is 4.37. The number of carboxylic acids is 1. The molecule has 0 saturated heterocycles. The maximum absolute atomic E-state index is 11.3. The lowest BCUT2D eigenvalue weighted by Crippen LogP contribution is -2.01. The Labute approximate surface area is 156 Å². The molecular formula is C19H22N2O6. The van der Waals surface area contributed by atoms with Crippen molar-refractivity contribution >= 4 is 23.0 Å².